The average molecular weight is 249 g/mol. The van der Waals surface area contributed by atoms with Crippen LogP contribution in [0.1, 0.15) is 32.0 Å². The third-order valence-corrected chi connectivity index (χ3v) is 3.16. The lowest BCUT2D eigenvalue weighted by atomic mass is 10.1. The molecule has 0 amide bonds. The standard InChI is InChI=1S/C13H23N5/c1-3-6-15-12-8-13(17-10(2)16-12)18-7-4-5-11(14)9-18/h8,11H,3-7,9,14H2,1-2H3,(H,15,16,17). The summed E-state index contributed by atoms with van der Waals surface area (Å²) in [5, 5.41) is 3.32. The molecule has 2 heterocycles. The van der Waals surface area contributed by atoms with E-state index in [4.69, 9.17) is 5.73 Å². The fourth-order valence-corrected chi connectivity index (χ4v) is 2.28. The second-order valence-electron chi connectivity index (χ2n) is 4.93. The van der Waals surface area contributed by atoms with Crippen LogP contribution in [-0.4, -0.2) is 35.6 Å². The van der Waals surface area contributed by atoms with Crippen molar-refractivity contribution in [2.75, 3.05) is 29.9 Å². The second kappa shape index (κ2) is 6.00. The molecule has 18 heavy (non-hydrogen) atoms. The van der Waals surface area contributed by atoms with E-state index in [1.165, 1.54) is 0 Å². The molecule has 1 saturated heterocycles. The quantitative estimate of drug-likeness (QED) is 0.847. The Morgan fingerprint density at radius 1 is 1.50 bits per heavy atom. The Morgan fingerprint density at radius 2 is 2.33 bits per heavy atom. The van der Waals surface area contributed by atoms with E-state index in [0.717, 1.165) is 56.4 Å². The first-order chi connectivity index (χ1) is 8.69. The lowest BCUT2D eigenvalue weighted by Crippen LogP contribution is -2.43. The molecule has 1 unspecified atom stereocenters. The van der Waals surface area contributed by atoms with Gasteiger partial charge in [-0.15, -0.1) is 0 Å². The van der Waals surface area contributed by atoms with E-state index in [9.17, 15) is 0 Å². The summed E-state index contributed by atoms with van der Waals surface area (Å²) in [5.74, 6) is 2.72. The highest BCUT2D eigenvalue weighted by molar-refractivity contribution is 5.49. The van der Waals surface area contributed by atoms with Crippen molar-refractivity contribution in [1.82, 2.24) is 9.97 Å². The van der Waals surface area contributed by atoms with E-state index in [1.807, 2.05) is 13.0 Å². The normalized spacial score (nSPS) is 19.9. The van der Waals surface area contributed by atoms with Gasteiger partial charge in [0.1, 0.15) is 17.5 Å². The largest absolute Gasteiger partial charge is 0.370 e. The number of aromatic nitrogens is 2. The summed E-state index contributed by atoms with van der Waals surface area (Å²) in [6.45, 7) is 6.95. The lowest BCUT2D eigenvalue weighted by Gasteiger charge is -2.31. The Bertz CT molecular complexity index is 393. The molecule has 1 aromatic rings. The molecular formula is C13H23N5. The molecule has 0 radical (unpaired) electrons. The summed E-state index contributed by atoms with van der Waals surface area (Å²) in [5.41, 5.74) is 6.02. The second-order valence-corrected chi connectivity index (χ2v) is 4.93. The van der Waals surface area contributed by atoms with Crippen LogP contribution in [0.2, 0.25) is 0 Å². The van der Waals surface area contributed by atoms with Crippen molar-refractivity contribution < 1.29 is 0 Å². The third-order valence-electron chi connectivity index (χ3n) is 3.16. The summed E-state index contributed by atoms with van der Waals surface area (Å²) in [4.78, 5) is 11.2. The highest BCUT2D eigenvalue weighted by Crippen LogP contribution is 2.20. The summed E-state index contributed by atoms with van der Waals surface area (Å²) < 4.78 is 0. The van der Waals surface area contributed by atoms with Crippen molar-refractivity contribution >= 4 is 11.6 Å². The van der Waals surface area contributed by atoms with Crippen LogP contribution in [0.4, 0.5) is 11.6 Å². The lowest BCUT2D eigenvalue weighted by molar-refractivity contribution is 0.503. The Kier molecular flexibility index (Phi) is 4.36. The Balaban J connectivity index is 2.13. The zero-order chi connectivity index (χ0) is 13.0. The number of hydrogen-bond donors (Lipinski definition) is 2. The SMILES string of the molecule is CCCNc1cc(N2CCCC(N)C2)nc(C)n1. The van der Waals surface area contributed by atoms with Crippen molar-refractivity contribution in [3.05, 3.63) is 11.9 Å². The van der Waals surface area contributed by atoms with E-state index in [1.54, 1.807) is 0 Å². The summed E-state index contributed by atoms with van der Waals surface area (Å²) in [6, 6.07) is 2.29. The van der Waals surface area contributed by atoms with E-state index in [0.29, 0.717) is 0 Å². The molecule has 1 aromatic heterocycles. The number of anilines is 2. The first-order valence-electron chi connectivity index (χ1n) is 6.79. The van der Waals surface area contributed by atoms with Gasteiger partial charge in [-0.3, -0.25) is 0 Å². The van der Waals surface area contributed by atoms with Crippen molar-refractivity contribution in [2.45, 2.75) is 39.2 Å². The Labute approximate surface area is 109 Å². The number of rotatable bonds is 4. The maximum Gasteiger partial charge on any atom is 0.134 e. The van der Waals surface area contributed by atoms with Crippen LogP contribution in [-0.2, 0) is 0 Å². The molecule has 5 nitrogen and oxygen atoms in total. The fourth-order valence-electron chi connectivity index (χ4n) is 2.28. The third kappa shape index (κ3) is 3.32. The number of nitrogens with zero attached hydrogens (tertiary/aromatic N) is 3. The van der Waals surface area contributed by atoms with Gasteiger partial charge < -0.3 is 16.0 Å². The van der Waals surface area contributed by atoms with Gasteiger partial charge in [-0.2, -0.15) is 0 Å². The first-order valence-corrected chi connectivity index (χ1v) is 6.79. The monoisotopic (exact) mass is 249 g/mol. The summed E-state index contributed by atoms with van der Waals surface area (Å²) in [6.07, 6.45) is 3.34. The van der Waals surface area contributed by atoms with Gasteiger partial charge in [0.25, 0.3) is 0 Å². The smallest absolute Gasteiger partial charge is 0.134 e. The van der Waals surface area contributed by atoms with E-state index in [2.05, 4.69) is 27.1 Å². The van der Waals surface area contributed by atoms with Gasteiger partial charge in [0.05, 0.1) is 0 Å². The molecule has 1 atom stereocenters. The number of nitrogens with one attached hydrogen (secondary N) is 1. The van der Waals surface area contributed by atoms with Gasteiger partial charge >= 0.3 is 0 Å². The van der Waals surface area contributed by atoms with Crippen LogP contribution in [0, 0.1) is 6.92 Å². The molecule has 1 aliphatic rings. The highest BCUT2D eigenvalue weighted by atomic mass is 15.2. The molecule has 5 heteroatoms. The van der Waals surface area contributed by atoms with Crippen molar-refractivity contribution in [3.8, 4) is 0 Å². The predicted molar refractivity (Wildman–Crippen MR) is 75.0 cm³/mol. The fraction of sp³-hybridized carbons (Fsp3) is 0.692. The molecule has 0 saturated carbocycles. The first kappa shape index (κ1) is 13.1. The van der Waals surface area contributed by atoms with Gasteiger partial charge in [-0.1, -0.05) is 6.92 Å². The molecule has 100 valence electrons. The van der Waals surface area contributed by atoms with Crippen molar-refractivity contribution in [1.29, 1.82) is 0 Å². The summed E-state index contributed by atoms with van der Waals surface area (Å²) in [7, 11) is 0. The zero-order valence-corrected chi connectivity index (χ0v) is 11.3. The van der Waals surface area contributed by atoms with E-state index >= 15 is 0 Å². The number of hydrogen-bond acceptors (Lipinski definition) is 5. The van der Waals surface area contributed by atoms with Gasteiger partial charge in [0.2, 0.25) is 0 Å². The Morgan fingerprint density at radius 3 is 3.06 bits per heavy atom. The molecule has 0 bridgehead atoms. The molecule has 0 aromatic carbocycles. The summed E-state index contributed by atoms with van der Waals surface area (Å²) >= 11 is 0. The molecule has 1 aliphatic heterocycles. The number of nitrogens with two attached hydrogens (primary N) is 1. The molecule has 1 fully saturated rings. The maximum atomic E-state index is 6.02. The molecular weight excluding hydrogens is 226 g/mol. The molecule has 2 rings (SSSR count). The van der Waals surface area contributed by atoms with Crippen LogP contribution < -0.4 is 16.0 Å². The van der Waals surface area contributed by atoms with Crippen LogP contribution in [0.25, 0.3) is 0 Å². The van der Waals surface area contributed by atoms with Gasteiger partial charge in [0, 0.05) is 31.7 Å². The number of aryl methyl sites for hydroxylation is 1. The van der Waals surface area contributed by atoms with Crippen molar-refractivity contribution in [3.63, 3.8) is 0 Å². The van der Waals surface area contributed by atoms with Crippen LogP contribution in [0.3, 0.4) is 0 Å². The minimum atomic E-state index is 0.265. The molecule has 0 aliphatic carbocycles. The maximum absolute atomic E-state index is 6.02. The highest BCUT2D eigenvalue weighted by Gasteiger charge is 2.18. The molecule has 3 N–H and O–H groups in total. The van der Waals surface area contributed by atoms with Crippen LogP contribution in [0.5, 0.6) is 0 Å². The topological polar surface area (TPSA) is 67.1 Å². The van der Waals surface area contributed by atoms with Crippen molar-refractivity contribution in [2.24, 2.45) is 5.73 Å². The van der Waals surface area contributed by atoms with Gasteiger partial charge in [-0.05, 0) is 26.2 Å². The van der Waals surface area contributed by atoms with E-state index < -0.39 is 0 Å². The van der Waals surface area contributed by atoms with Crippen LogP contribution >= 0.6 is 0 Å². The minimum Gasteiger partial charge on any atom is -0.370 e. The Hall–Kier alpha value is -1.36. The zero-order valence-electron chi connectivity index (χ0n) is 11.3. The van der Waals surface area contributed by atoms with Gasteiger partial charge in [-0.25, -0.2) is 9.97 Å². The van der Waals surface area contributed by atoms with Crippen LogP contribution in [0.15, 0.2) is 6.07 Å². The average Bonchev–Trinajstić information content (AvgIpc) is 2.36. The van der Waals surface area contributed by atoms with Gasteiger partial charge in [0.15, 0.2) is 0 Å². The van der Waals surface area contributed by atoms with E-state index in [-0.39, 0.29) is 6.04 Å². The number of piperidine rings is 1. The minimum absolute atomic E-state index is 0.265. The molecule has 0 spiro atoms. The predicted octanol–water partition coefficient (Wildman–Crippen LogP) is 1.53.